The first-order valence-electron chi connectivity index (χ1n) is 7.67. The lowest BCUT2D eigenvalue weighted by Gasteiger charge is -2.34. The molecule has 2 fully saturated rings. The molecule has 21 heavy (non-hydrogen) atoms. The zero-order valence-corrected chi connectivity index (χ0v) is 12.0. The molecule has 1 atom stereocenters. The van der Waals surface area contributed by atoms with E-state index in [2.05, 4.69) is 5.32 Å². The van der Waals surface area contributed by atoms with Crippen LogP contribution in [0, 0.1) is 11.7 Å². The highest BCUT2D eigenvalue weighted by atomic mass is 19.1. The van der Waals surface area contributed by atoms with Gasteiger partial charge in [0, 0.05) is 12.6 Å². The number of carbonyl (C=O) groups is 1. The summed E-state index contributed by atoms with van der Waals surface area (Å²) in [5, 5.41) is 13.1. The molecule has 114 valence electrons. The monoisotopic (exact) mass is 292 g/mol. The Morgan fingerprint density at radius 3 is 2.76 bits per heavy atom. The minimum absolute atomic E-state index is 0.179. The molecule has 2 aliphatic heterocycles. The molecule has 2 aliphatic rings. The zero-order valence-electron chi connectivity index (χ0n) is 12.0. The topological polar surface area (TPSA) is 52.6 Å². The van der Waals surface area contributed by atoms with Crippen molar-refractivity contribution in [2.75, 3.05) is 19.6 Å². The van der Waals surface area contributed by atoms with Crippen molar-refractivity contribution in [3.05, 3.63) is 29.6 Å². The Kier molecular flexibility index (Phi) is 4.10. The highest BCUT2D eigenvalue weighted by Crippen LogP contribution is 2.32. The number of rotatable bonds is 2. The van der Waals surface area contributed by atoms with Crippen LogP contribution in [0.25, 0.3) is 0 Å². The van der Waals surface area contributed by atoms with Gasteiger partial charge in [-0.3, -0.25) is 4.79 Å². The van der Waals surface area contributed by atoms with Gasteiger partial charge in [0.2, 0.25) is 0 Å². The minimum atomic E-state index is -0.643. The Balaban J connectivity index is 1.83. The normalized spacial score (nSPS) is 23.5. The summed E-state index contributed by atoms with van der Waals surface area (Å²) in [7, 11) is 0. The van der Waals surface area contributed by atoms with Gasteiger partial charge in [-0.2, -0.15) is 0 Å². The molecule has 0 aromatic heterocycles. The number of amides is 1. The van der Waals surface area contributed by atoms with Crippen molar-refractivity contribution in [3.63, 3.8) is 0 Å². The van der Waals surface area contributed by atoms with Crippen molar-refractivity contribution in [3.8, 4) is 5.75 Å². The van der Waals surface area contributed by atoms with Crippen LogP contribution in [0.15, 0.2) is 18.2 Å². The number of nitrogens with zero attached hydrogens (tertiary/aromatic N) is 1. The van der Waals surface area contributed by atoms with E-state index in [1.807, 2.05) is 0 Å². The molecule has 2 N–H and O–H groups in total. The number of phenols is 1. The Hall–Kier alpha value is -1.62. The first-order valence-corrected chi connectivity index (χ1v) is 7.67. The van der Waals surface area contributed by atoms with Gasteiger partial charge in [-0.1, -0.05) is 6.07 Å². The molecule has 1 aromatic rings. The average Bonchev–Trinajstić information content (AvgIpc) is 2.97. The van der Waals surface area contributed by atoms with Gasteiger partial charge in [0.25, 0.3) is 5.91 Å². The van der Waals surface area contributed by atoms with Crippen LogP contribution in [0.5, 0.6) is 5.75 Å². The van der Waals surface area contributed by atoms with Gasteiger partial charge in [-0.15, -0.1) is 0 Å². The summed E-state index contributed by atoms with van der Waals surface area (Å²) in [6, 6.07) is 4.18. The molecule has 0 spiro atoms. The predicted molar refractivity (Wildman–Crippen MR) is 77.7 cm³/mol. The fourth-order valence-corrected chi connectivity index (χ4v) is 3.63. The van der Waals surface area contributed by atoms with E-state index in [9.17, 15) is 14.3 Å². The van der Waals surface area contributed by atoms with E-state index in [0.29, 0.717) is 12.5 Å². The first-order chi connectivity index (χ1) is 10.2. The summed E-state index contributed by atoms with van der Waals surface area (Å²) in [5.41, 5.74) is -0.182. The summed E-state index contributed by atoms with van der Waals surface area (Å²) in [6.07, 6.45) is 4.04. The van der Waals surface area contributed by atoms with Gasteiger partial charge in [0.05, 0.1) is 0 Å². The van der Waals surface area contributed by atoms with Crippen LogP contribution < -0.4 is 5.32 Å². The lowest BCUT2D eigenvalue weighted by atomic mass is 9.88. The zero-order chi connectivity index (χ0) is 14.8. The third-order valence-electron chi connectivity index (χ3n) is 4.69. The largest absolute Gasteiger partial charge is 0.507 e. The number of nitrogens with one attached hydrogen (secondary N) is 1. The van der Waals surface area contributed by atoms with Crippen LogP contribution in [0.1, 0.15) is 36.0 Å². The molecule has 0 radical (unpaired) electrons. The molecule has 0 saturated carbocycles. The van der Waals surface area contributed by atoms with Gasteiger partial charge in [0.1, 0.15) is 17.1 Å². The number of hydrogen-bond donors (Lipinski definition) is 2. The highest BCUT2D eigenvalue weighted by Gasteiger charge is 2.37. The van der Waals surface area contributed by atoms with Crippen LogP contribution in [0.3, 0.4) is 0 Å². The summed E-state index contributed by atoms with van der Waals surface area (Å²) in [5.74, 6) is -0.801. The molecule has 2 heterocycles. The van der Waals surface area contributed by atoms with Crippen molar-refractivity contribution in [1.82, 2.24) is 10.2 Å². The number of piperidine rings is 1. The highest BCUT2D eigenvalue weighted by molar-refractivity contribution is 5.97. The third kappa shape index (κ3) is 2.75. The van der Waals surface area contributed by atoms with Crippen LogP contribution in [0.4, 0.5) is 4.39 Å². The Morgan fingerprint density at radius 2 is 2.05 bits per heavy atom. The number of carbonyl (C=O) groups excluding carboxylic acids is 1. The second-order valence-electron chi connectivity index (χ2n) is 5.93. The van der Waals surface area contributed by atoms with Gasteiger partial charge in [0.15, 0.2) is 0 Å². The quantitative estimate of drug-likeness (QED) is 0.878. The van der Waals surface area contributed by atoms with E-state index in [1.54, 1.807) is 4.90 Å². The number of aromatic hydroxyl groups is 1. The molecule has 1 amide bonds. The number of benzene rings is 1. The van der Waals surface area contributed by atoms with Gasteiger partial charge >= 0.3 is 0 Å². The number of likely N-dealkylation sites (tertiary alicyclic amines) is 1. The molecule has 1 aromatic carbocycles. The average molecular weight is 292 g/mol. The van der Waals surface area contributed by atoms with Crippen molar-refractivity contribution in [2.45, 2.75) is 31.7 Å². The second kappa shape index (κ2) is 6.02. The Labute approximate surface area is 124 Å². The second-order valence-corrected chi connectivity index (χ2v) is 5.93. The van der Waals surface area contributed by atoms with Gasteiger partial charge in [-0.05, 0) is 56.8 Å². The standard InChI is InChI=1S/C16H21FN2O2/c17-12-3-1-5-14(20)15(12)16(21)19-10-2-4-13(19)11-6-8-18-9-7-11/h1,3,5,11,13,18,20H,2,4,6-10H2. The fraction of sp³-hybridized carbons (Fsp3) is 0.562. The van der Waals surface area contributed by atoms with Crippen molar-refractivity contribution in [2.24, 2.45) is 5.92 Å². The van der Waals surface area contributed by atoms with E-state index < -0.39 is 5.82 Å². The summed E-state index contributed by atoms with van der Waals surface area (Å²) in [4.78, 5) is 14.4. The maximum Gasteiger partial charge on any atom is 0.260 e. The van der Waals surface area contributed by atoms with Crippen molar-refractivity contribution < 1.29 is 14.3 Å². The molecule has 1 unspecified atom stereocenters. The van der Waals surface area contributed by atoms with Gasteiger partial charge < -0.3 is 15.3 Å². The maximum absolute atomic E-state index is 13.9. The molecule has 0 bridgehead atoms. The molecule has 4 nitrogen and oxygen atoms in total. The van der Waals surface area contributed by atoms with E-state index in [-0.39, 0.29) is 23.3 Å². The first kappa shape index (κ1) is 14.3. The van der Waals surface area contributed by atoms with Crippen LogP contribution >= 0.6 is 0 Å². The SMILES string of the molecule is O=C(c1c(O)cccc1F)N1CCCC1C1CCNCC1. The van der Waals surface area contributed by atoms with Crippen LogP contribution in [0.2, 0.25) is 0 Å². The lowest BCUT2D eigenvalue weighted by Crippen LogP contribution is -2.44. The number of hydrogen-bond acceptors (Lipinski definition) is 3. The van der Waals surface area contributed by atoms with E-state index in [4.69, 9.17) is 0 Å². The fourth-order valence-electron chi connectivity index (χ4n) is 3.63. The molecule has 2 saturated heterocycles. The summed E-state index contributed by atoms with van der Waals surface area (Å²) < 4.78 is 13.9. The maximum atomic E-state index is 13.9. The minimum Gasteiger partial charge on any atom is -0.507 e. The lowest BCUT2D eigenvalue weighted by molar-refractivity contribution is 0.0658. The Bertz CT molecular complexity index is 509. The van der Waals surface area contributed by atoms with Crippen LogP contribution in [-0.2, 0) is 0 Å². The molecule has 0 aliphatic carbocycles. The van der Waals surface area contributed by atoms with E-state index in [1.165, 1.54) is 18.2 Å². The molecular formula is C16H21FN2O2. The molecule has 3 rings (SSSR count). The molecule has 5 heteroatoms. The predicted octanol–water partition coefficient (Wildman–Crippen LogP) is 2.14. The Morgan fingerprint density at radius 1 is 1.29 bits per heavy atom. The summed E-state index contributed by atoms with van der Waals surface area (Å²) in [6.45, 7) is 2.61. The number of phenolic OH excluding ortho intramolecular Hbond substituents is 1. The number of halogens is 1. The van der Waals surface area contributed by atoms with Crippen molar-refractivity contribution >= 4 is 5.91 Å². The van der Waals surface area contributed by atoms with Crippen LogP contribution in [-0.4, -0.2) is 41.6 Å². The van der Waals surface area contributed by atoms with Gasteiger partial charge in [-0.25, -0.2) is 4.39 Å². The third-order valence-corrected chi connectivity index (χ3v) is 4.69. The summed E-state index contributed by atoms with van der Waals surface area (Å²) >= 11 is 0. The van der Waals surface area contributed by atoms with E-state index in [0.717, 1.165) is 38.8 Å². The van der Waals surface area contributed by atoms with E-state index >= 15 is 0 Å². The smallest absolute Gasteiger partial charge is 0.260 e. The molecular weight excluding hydrogens is 271 g/mol. The van der Waals surface area contributed by atoms with Crippen molar-refractivity contribution in [1.29, 1.82) is 0 Å².